The number of amides is 1. The highest BCUT2D eigenvalue weighted by molar-refractivity contribution is 5.84. The van der Waals surface area contributed by atoms with Crippen LogP contribution in [0.5, 0.6) is 5.75 Å². The maximum atomic E-state index is 11.8. The van der Waals surface area contributed by atoms with Gasteiger partial charge in [-0.3, -0.25) is 4.79 Å². The zero-order chi connectivity index (χ0) is 13.7. The van der Waals surface area contributed by atoms with Gasteiger partial charge in [-0.1, -0.05) is 12.1 Å². The number of hydrogen-bond donors (Lipinski definition) is 0. The van der Waals surface area contributed by atoms with Gasteiger partial charge in [0.2, 0.25) is 5.91 Å². The summed E-state index contributed by atoms with van der Waals surface area (Å²) in [6.07, 6.45) is 0. The molecule has 0 bridgehead atoms. The summed E-state index contributed by atoms with van der Waals surface area (Å²) in [5.74, 6) is 0.00642. The average molecular weight is 251 g/mol. The lowest BCUT2D eigenvalue weighted by Gasteiger charge is -2.25. The highest BCUT2D eigenvalue weighted by atomic mass is 16.5. The number of rotatable bonds is 4. The van der Waals surface area contributed by atoms with E-state index in [1.165, 1.54) is 18.9 Å². The van der Waals surface area contributed by atoms with Gasteiger partial charge in [-0.15, -0.1) is 0 Å². The second-order valence-corrected chi connectivity index (χ2v) is 3.83. The van der Waals surface area contributed by atoms with E-state index < -0.39 is 12.0 Å². The van der Waals surface area contributed by atoms with Gasteiger partial charge in [-0.2, -0.15) is 0 Å². The lowest BCUT2D eigenvalue weighted by molar-refractivity contribution is -0.151. The molecule has 0 fully saturated rings. The van der Waals surface area contributed by atoms with E-state index in [1.807, 2.05) is 0 Å². The molecule has 18 heavy (non-hydrogen) atoms. The van der Waals surface area contributed by atoms with Gasteiger partial charge < -0.3 is 14.4 Å². The largest absolute Gasteiger partial charge is 0.497 e. The van der Waals surface area contributed by atoms with Crippen molar-refractivity contribution in [1.82, 2.24) is 4.90 Å². The smallest absolute Gasteiger partial charge is 0.333 e. The maximum absolute atomic E-state index is 11.8. The average Bonchev–Trinajstić information content (AvgIpc) is 2.39. The van der Waals surface area contributed by atoms with Gasteiger partial charge in [0.1, 0.15) is 5.75 Å². The molecule has 98 valence electrons. The molecule has 0 aliphatic rings. The van der Waals surface area contributed by atoms with Crippen LogP contribution in [0.1, 0.15) is 18.5 Å². The van der Waals surface area contributed by atoms with Crippen LogP contribution in [0.2, 0.25) is 0 Å². The molecule has 0 saturated heterocycles. The summed E-state index contributed by atoms with van der Waals surface area (Å²) in [5, 5.41) is 0. The summed E-state index contributed by atoms with van der Waals surface area (Å²) in [6.45, 7) is 1.40. The first-order valence-electron chi connectivity index (χ1n) is 5.46. The first-order chi connectivity index (χ1) is 8.51. The van der Waals surface area contributed by atoms with E-state index in [0.717, 1.165) is 0 Å². The molecule has 1 aromatic rings. The molecular formula is C13H17NO4. The van der Waals surface area contributed by atoms with Crippen molar-refractivity contribution in [3.63, 3.8) is 0 Å². The third kappa shape index (κ3) is 3.00. The SMILES string of the molecule is COC(=O)C(c1ccc(OC)cc1)N(C)C(C)=O. The zero-order valence-electron chi connectivity index (χ0n) is 11.0. The fourth-order valence-electron chi connectivity index (χ4n) is 1.60. The van der Waals surface area contributed by atoms with Crippen LogP contribution in [-0.2, 0) is 14.3 Å². The van der Waals surface area contributed by atoms with Crippen LogP contribution in [0.15, 0.2) is 24.3 Å². The molecule has 0 aliphatic heterocycles. The summed E-state index contributed by atoms with van der Waals surface area (Å²) in [6, 6.07) is 6.21. The van der Waals surface area contributed by atoms with E-state index in [4.69, 9.17) is 9.47 Å². The Morgan fingerprint density at radius 3 is 2.11 bits per heavy atom. The molecule has 0 N–H and O–H groups in total. The number of hydrogen-bond acceptors (Lipinski definition) is 4. The maximum Gasteiger partial charge on any atom is 0.333 e. The Kier molecular flexibility index (Phi) is 4.71. The summed E-state index contributed by atoms with van der Waals surface area (Å²) in [5.41, 5.74) is 0.681. The van der Waals surface area contributed by atoms with E-state index >= 15 is 0 Å². The summed E-state index contributed by atoms with van der Waals surface area (Å²) in [7, 11) is 4.43. The molecule has 0 aromatic heterocycles. The number of methoxy groups -OCH3 is 2. The Balaban J connectivity index is 3.08. The Bertz CT molecular complexity index is 427. The van der Waals surface area contributed by atoms with Crippen molar-refractivity contribution in [3.05, 3.63) is 29.8 Å². The predicted molar refractivity (Wildman–Crippen MR) is 66.2 cm³/mol. The Hall–Kier alpha value is -2.04. The highest BCUT2D eigenvalue weighted by Gasteiger charge is 2.27. The van der Waals surface area contributed by atoms with Crippen LogP contribution in [-0.4, -0.2) is 38.0 Å². The van der Waals surface area contributed by atoms with Gasteiger partial charge in [0, 0.05) is 14.0 Å². The van der Waals surface area contributed by atoms with Crippen molar-refractivity contribution in [3.8, 4) is 5.75 Å². The van der Waals surface area contributed by atoms with Crippen molar-refractivity contribution in [2.24, 2.45) is 0 Å². The van der Waals surface area contributed by atoms with Crippen molar-refractivity contribution in [2.45, 2.75) is 13.0 Å². The number of ether oxygens (including phenoxy) is 2. The topological polar surface area (TPSA) is 55.8 Å². The number of carbonyl (C=O) groups excluding carboxylic acids is 2. The molecule has 5 heteroatoms. The molecule has 0 heterocycles. The van der Waals surface area contributed by atoms with Gasteiger partial charge in [0.15, 0.2) is 6.04 Å². The number of nitrogens with zero attached hydrogens (tertiary/aromatic N) is 1. The van der Waals surface area contributed by atoms with E-state index in [2.05, 4.69) is 0 Å². The van der Waals surface area contributed by atoms with Crippen molar-refractivity contribution < 1.29 is 19.1 Å². The van der Waals surface area contributed by atoms with Gasteiger partial charge in [-0.05, 0) is 17.7 Å². The van der Waals surface area contributed by atoms with Gasteiger partial charge >= 0.3 is 5.97 Å². The third-order valence-electron chi connectivity index (χ3n) is 2.74. The lowest BCUT2D eigenvalue weighted by atomic mass is 10.1. The van der Waals surface area contributed by atoms with Gasteiger partial charge in [0.05, 0.1) is 14.2 Å². The van der Waals surface area contributed by atoms with Crippen LogP contribution in [0.3, 0.4) is 0 Å². The fourth-order valence-corrected chi connectivity index (χ4v) is 1.60. The molecule has 0 spiro atoms. The zero-order valence-corrected chi connectivity index (χ0v) is 11.0. The number of benzene rings is 1. The van der Waals surface area contributed by atoms with E-state index in [0.29, 0.717) is 11.3 Å². The second kappa shape index (κ2) is 6.05. The highest BCUT2D eigenvalue weighted by Crippen LogP contribution is 2.23. The number of likely N-dealkylation sites (N-methyl/N-ethyl adjacent to an activating group) is 1. The van der Waals surface area contributed by atoms with Crippen molar-refractivity contribution >= 4 is 11.9 Å². The first kappa shape index (κ1) is 14.0. The Morgan fingerprint density at radius 1 is 1.17 bits per heavy atom. The summed E-state index contributed by atoms with van der Waals surface area (Å²) >= 11 is 0. The van der Waals surface area contributed by atoms with Gasteiger partial charge in [0.25, 0.3) is 0 Å². The van der Waals surface area contributed by atoms with E-state index in [1.54, 1.807) is 38.4 Å². The van der Waals surface area contributed by atoms with Crippen LogP contribution in [0.25, 0.3) is 0 Å². The molecule has 0 radical (unpaired) electrons. The van der Waals surface area contributed by atoms with Crippen LogP contribution < -0.4 is 4.74 Å². The monoisotopic (exact) mass is 251 g/mol. The van der Waals surface area contributed by atoms with Gasteiger partial charge in [-0.25, -0.2) is 4.79 Å². The second-order valence-electron chi connectivity index (χ2n) is 3.83. The van der Waals surface area contributed by atoms with E-state index in [9.17, 15) is 9.59 Å². The van der Waals surface area contributed by atoms with Crippen LogP contribution >= 0.6 is 0 Å². The minimum atomic E-state index is -0.738. The molecule has 1 aromatic carbocycles. The minimum Gasteiger partial charge on any atom is -0.497 e. The number of esters is 1. The molecule has 1 atom stereocenters. The standard InChI is InChI=1S/C13H17NO4/c1-9(15)14(2)12(13(16)18-4)10-5-7-11(17-3)8-6-10/h5-8,12H,1-4H3. The lowest BCUT2D eigenvalue weighted by Crippen LogP contribution is -2.35. The number of carbonyl (C=O) groups is 2. The Labute approximate surface area is 106 Å². The fraction of sp³-hybridized carbons (Fsp3) is 0.385. The van der Waals surface area contributed by atoms with Crippen LogP contribution in [0.4, 0.5) is 0 Å². The summed E-state index contributed by atoms with van der Waals surface area (Å²) in [4.78, 5) is 24.5. The molecule has 1 rings (SSSR count). The molecular weight excluding hydrogens is 234 g/mol. The first-order valence-corrected chi connectivity index (χ1v) is 5.46. The van der Waals surface area contributed by atoms with Crippen molar-refractivity contribution in [1.29, 1.82) is 0 Å². The quantitative estimate of drug-likeness (QED) is 0.759. The summed E-state index contributed by atoms with van der Waals surface area (Å²) < 4.78 is 9.78. The Morgan fingerprint density at radius 2 is 1.72 bits per heavy atom. The minimum absolute atomic E-state index is 0.207. The molecule has 0 aliphatic carbocycles. The molecule has 0 saturated carbocycles. The molecule has 1 unspecified atom stereocenters. The van der Waals surface area contributed by atoms with Crippen molar-refractivity contribution in [2.75, 3.05) is 21.3 Å². The van der Waals surface area contributed by atoms with Crippen LogP contribution in [0, 0.1) is 0 Å². The normalized spacial score (nSPS) is 11.6. The molecule has 1 amide bonds. The predicted octanol–water partition coefficient (Wildman–Crippen LogP) is 1.39. The van der Waals surface area contributed by atoms with E-state index in [-0.39, 0.29) is 5.91 Å². The molecule has 5 nitrogen and oxygen atoms in total. The third-order valence-corrected chi connectivity index (χ3v) is 2.74.